The van der Waals surface area contributed by atoms with Crippen LogP contribution in [0.2, 0.25) is 0 Å². The van der Waals surface area contributed by atoms with E-state index in [2.05, 4.69) is 44.1 Å². The highest BCUT2D eigenvalue weighted by Crippen LogP contribution is 2.33. The number of benzene rings is 2. The van der Waals surface area contributed by atoms with Crippen molar-refractivity contribution in [2.75, 3.05) is 18.6 Å². The number of para-hydroxylation sites is 1. The molecular formula is C24H18N6O. The minimum Gasteiger partial charge on any atom is -0.472 e. The Bertz CT molecular complexity index is 1420. The lowest BCUT2D eigenvalue weighted by atomic mass is 9.99. The Kier molecular flexibility index (Phi) is 3.92. The number of furan rings is 1. The van der Waals surface area contributed by atoms with Gasteiger partial charge < -0.3 is 14.3 Å². The van der Waals surface area contributed by atoms with Crippen molar-refractivity contribution in [2.24, 2.45) is 4.99 Å². The third-order valence-electron chi connectivity index (χ3n) is 5.57. The number of fused-ring (bicyclic) bond motifs is 2. The molecule has 7 nitrogen and oxygen atoms in total. The molecule has 0 atom stereocenters. The molecule has 31 heavy (non-hydrogen) atoms. The zero-order valence-corrected chi connectivity index (χ0v) is 16.8. The van der Waals surface area contributed by atoms with Crippen molar-refractivity contribution in [3.63, 3.8) is 0 Å². The largest absolute Gasteiger partial charge is 0.472 e. The molecule has 0 saturated heterocycles. The fourth-order valence-electron chi connectivity index (χ4n) is 4.02. The van der Waals surface area contributed by atoms with E-state index in [0.717, 1.165) is 56.1 Å². The molecule has 5 aromatic rings. The van der Waals surface area contributed by atoms with E-state index >= 15 is 0 Å². The van der Waals surface area contributed by atoms with Crippen LogP contribution in [-0.4, -0.2) is 39.4 Å². The Morgan fingerprint density at radius 2 is 1.87 bits per heavy atom. The van der Waals surface area contributed by atoms with Crippen molar-refractivity contribution in [1.29, 1.82) is 0 Å². The monoisotopic (exact) mass is 406 g/mol. The van der Waals surface area contributed by atoms with Gasteiger partial charge in [-0.1, -0.05) is 18.2 Å². The van der Waals surface area contributed by atoms with Crippen LogP contribution in [-0.2, 0) is 0 Å². The lowest BCUT2D eigenvalue weighted by Crippen LogP contribution is -2.26. The first kappa shape index (κ1) is 17.6. The molecule has 0 bridgehead atoms. The fourth-order valence-corrected chi connectivity index (χ4v) is 4.02. The van der Waals surface area contributed by atoms with E-state index in [-0.39, 0.29) is 0 Å². The van der Waals surface area contributed by atoms with Crippen LogP contribution >= 0.6 is 0 Å². The van der Waals surface area contributed by atoms with Gasteiger partial charge in [0.05, 0.1) is 23.6 Å². The lowest BCUT2D eigenvalue weighted by molar-refractivity contribution is 0.568. The molecule has 0 saturated carbocycles. The maximum atomic E-state index is 5.28. The Morgan fingerprint density at radius 3 is 2.71 bits per heavy atom. The first-order chi connectivity index (χ1) is 15.3. The smallest absolute Gasteiger partial charge is 0.157 e. The van der Waals surface area contributed by atoms with Crippen molar-refractivity contribution < 1.29 is 4.42 Å². The Balaban J connectivity index is 1.50. The fraction of sp³-hybridized carbons (Fsp3) is 0.0833. The Hall–Kier alpha value is -4.26. The Labute approximate surface area is 178 Å². The molecule has 0 amide bonds. The summed E-state index contributed by atoms with van der Waals surface area (Å²) < 4.78 is 5.28. The summed E-state index contributed by atoms with van der Waals surface area (Å²) in [4.78, 5) is 23.7. The van der Waals surface area contributed by atoms with Gasteiger partial charge in [-0.05, 0) is 29.8 Å². The van der Waals surface area contributed by atoms with Crippen molar-refractivity contribution in [3.8, 4) is 22.3 Å². The molecule has 1 aliphatic rings. The van der Waals surface area contributed by atoms with Gasteiger partial charge in [0.25, 0.3) is 0 Å². The van der Waals surface area contributed by atoms with Crippen LogP contribution in [0.4, 0.5) is 5.69 Å². The topological polar surface area (TPSA) is 83.2 Å². The van der Waals surface area contributed by atoms with Gasteiger partial charge in [0.2, 0.25) is 0 Å². The van der Waals surface area contributed by atoms with E-state index in [1.165, 1.54) is 6.33 Å². The van der Waals surface area contributed by atoms with E-state index in [9.17, 15) is 0 Å². The number of hydrogen-bond acceptors (Lipinski definition) is 6. The molecule has 0 unspecified atom stereocenters. The van der Waals surface area contributed by atoms with Crippen LogP contribution in [0.15, 0.2) is 83.1 Å². The average Bonchev–Trinajstić information content (AvgIpc) is 3.50. The minimum absolute atomic E-state index is 0.571. The van der Waals surface area contributed by atoms with Gasteiger partial charge in [0, 0.05) is 47.4 Å². The second-order valence-corrected chi connectivity index (χ2v) is 7.50. The molecule has 0 fully saturated rings. The quantitative estimate of drug-likeness (QED) is 0.476. The number of H-pyrrole nitrogens is 1. The standard InChI is InChI=1S/C24H18N6O/c1-30-14-27-23(19-9-15(5-6-21(19)30)17-10-25-13-26-11-17)24-28-20-4-2-3-18(22(20)29-24)16-7-8-31-12-16/h2-13H,14H2,1H3,(H,28,29). The number of imidazole rings is 1. The van der Waals surface area contributed by atoms with Crippen LogP contribution in [0.25, 0.3) is 33.3 Å². The normalized spacial score (nSPS) is 13.3. The highest BCUT2D eigenvalue weighted by Gasteiger charge is 2.23. The first-order valence-corrected chi connectivity index (χ1v) is 9.95. The average molecular weight is 406 g/mol. The van der Waals surface area contributed by atoms with E-state index in [1.807, 2.05) is 37.6 Å². The summed E-state index contributed by atoms with van der Waals surface area (Å²) in [5, 5.41) is 0. The van der Waals surface area contributed by atoms with Crippen molar-refractivity contribution >= 4 is 22.4 Å². The molecule has 1 N–H and O–H groups in total. The summed E-state index contributed by atoms with van der Waals surface area (Å²) in [5.74, 6) is 0.752. The third kappa shape index (κ3) is 2.90. The highest BCUT2D eigenvalue weighted by molar-refractivity contribution is 6.16. The second-order valence-electron chi connectivity index (χ2n) is 7.50. The van der Waals surface area contributed by atoms with Crippen LogP contribution < -0.4 is 4.90 Å². The van der Waals surface area contributed by atoms with Crippen molar-refractivity contribution in [1.82, 2.24) is 19.9 Å². The van der Waals surface area contributed by atoms with Crippen LogP contribution in [0.1, 0.15) is 11.4 Å². The van der Waals surface area contributed by atoms with Gasteiger partial charge in [0.15, 0.2) is 5.82 Å². The first-order valence-electron chi connectivity index (χ1n) is 9.95. The van der Waals surface area contributed by atoms with Crippen LogP contribution in [0, 0.1) is 0 Å². The number of nitrogens with one attached hydrogen (secondary N) is 1. The summed E-state index contributed by atoms with van der Waals surface area (Å²) in [7, 11) is 2.04. The highest BCUT2D eigenvalue weighted by atomic mass is 16.3. The molecular weight excluding hydrogens is 388 g/mol. The zero-order chi connectivity index (χ0) is 20.8. The number of rotatable bonds is 3. The van der Waals surface area contributed by atoms with E-state index in [4.69, 9.17) is 14.4 Å². The van der Waals surface area contributed by atoms with E-state index in [0.29, 0.717) is 6.67 Å². The van der Waals surface area contributed by atoms with Gasteiger partial charge in [-0.3, -0.25) is 4.99 Å². The van der Waals surface area contributed by atoms with Gasteiger partial charge in [-0.15, -0.1) is 0 Å². The van der Waals surface area contributed by atoms with Gasteiger partial charge in [0.1, 0.15) is 18.7 Å². The van der Waals surface area contributed by atoms with Crippen LogP contribution in [0.3, 0.4) is 0 Å². The van der Waals surface area contributed by atoms with E-state index in [1.54, 1.807) is 12.5 Å². The molecule has 3 aromatic heterocycles. The Morgan fingerprint density at radius 1 is 0.968 bits per heavy atom. The van der Waals surface area contributed by atoms with Crippen molar-refractivity contribution in [3.05, 3.63) is 85.1 Å². The van der Waals surface area contributed by atoms with E-state index < -0.39 is 0 Å². The molecule has 6 rings (SSSR count). The molecule has 4 heterocycles. The lowest BCUT2D eigenvalue weighted by Gasteiger charge is -2.26. The predicted octanol–water partition coefficient (Wildman–Crippen LogP) is 4.52. The molecule has 2 aromatic carbocycles. The summed E-state index contributed by atoms with van der Waals surface area (Å²) in [6.07, 6.45) is 8.58. The number of hydrogen-bond donors (Lipinski definition) is 1. The molecule has 0 radical (unpaired) electrons. The summed E-state index contributed by atoms with van der Waals surface area (Å²) in [5.41, 5.74) is 8.88. The second kappa shape index (κ2) is 6.91. The van der Waals surface area contributed by atoms with Crippen LogP contribution in [0.5, 0.6) is 0 Å². The number of aliphatic imine (C=N–C) groups is 1. The summed E-state index contributed by atoms with van der Waals surface area (Å²) in [6.45, 7) is 0.571. The van der Waals surface area contributed by atoms with Gasteiger partial charge >= 0.3 is 0 Å². The number of aromatic amines is 1. The minimum atomic E-state index is 0.571. The predicted molar refractivity (Wildman–Crippen MR) is 120 cm³/mol. The summed E-state index contributed by atoms with van der Waals surface area (Å²) in [6, 6.07) is 14.4. The zero-order valence-electron chi connectivity index (χ0n) is 16.8. The van der Waals surface area contributed by atoms with Gasteiger partial charge in [-0.2, -0.15) is 0 Å². The molecule has 1 aliphatic heterocycles. The molecule has 7 heteroatoms. The number of aromatic nitrogens is 4. The SMILES string of the molecule is CN1CN=C(c2nc3c(-c4ccoc4)cccc3[nH]2)c2cc(-c3cncnc3)ccc21. The molecule has 150 valence electrons. The van der Waals surface area contributed by atoms with Crippen molar-refractivity contribution in [2.45, 2.75) is 0 Å². The maximum Gasteiger partial charge on any atom is 0.157 e. The van der Waals surface area contributed by atoms with Gasteiger partial charge in [-0.25, -0.2) is 15.0 Å². The number of nitrogens with zero attached hydrogens (tertiary/aromatic N) is 5. The maximum absolute atomic E-state index is 5.28. The number of anilines is 1. The summed E-state index contributed by atoms with van der Waals surface area (Å²) >= 11 is 0. The third-order valence-corrected chi connectivity index (χ3v) is 5.57. The molecule has 0 aliphatic carbocycles. The molecule has 0 spiro atoms.